The maximum Gasteiger partial charge on any atom is 0.256 e. The normalized spacial score (nSPS) is 28.3. The van der Waals surface area contributed by atoms with Crippen LogP contribution in [-0.4, -0.2) is 33.0 Å². The quantitative estimate of drug-likeness (QED) is 0.795. The minimum absolute atomic E-state index is 0.106. The monoisotopic (exact) mass is 232 g/mol. The lowest BCUT2D eigenvalue weighted by Gasteiger charge is -2.32. The number of rotatable bonds is 1. The van der Waals surface area contributed by atoms with Crippen LogP contribution >= 0.6 is 0 Å². The minimum Gasteiger partial charge on any atom is -0.393 e. The molecule has 2 aliphatic rings. The summed E-state index contributed by atoms with van der Waals surface area (Å²) in [4.78, 5) is 18.4. The average molecular weight is 232 g/mol. The highest BCUT2D eigenvalue weighted by molar-refractivity contribution is 5.97. The zero-order chi connectivity index (χ0) is 11.8. The van der Waals surface area contributed by atoms with Gasteiger partial charge in [0.2, 0.25) is 0 Å². The molecule has 1 aromatic heterocycles. The third-order valence-corrected chi connectivity index (χ3v) is 3.81. The standard InChI is InChI=1S/C13H16N2O2/c16-10-5-3-9(4-6-10)15-8-12-11(13(15)17)2-1-7-14-12/h1-2,7,9-10,16H,3-6,8H2. The molecule has 0 radical (unpaired) electrons. The maximum absolute atomic E-state index is 12.2. The van der Waals surface area contributed by atoms with Gasteiger partial charge in [-0.2, -0.15) is 0 Å². The second-order valence-corrected chi connectivity index (χ2v) is 4.89. The Morgan fingerprint density at radius 1 is 1.29 bits per heavy atom. The summed E-state index contributed by atoms with van der Waals surface area (Å²) in [5.41, 5.74) is 1.64. The molecule has 0 bridgehead atoms. The number of fused-ring (bicyclic) bond motifs is 1. The van der Waals surface area contributed by atoms with Gasteiger partial charge in [0.15, 0.2) is 0 Å². The van der Waals surface area contributed by atoms with Crippen molar-refractivity contribution < 1.29 is 9.90 Å². The molecule has 2 heterocycles. The molecule has 1 aromatic rings. The molecule has 0 spiro atoms. The summed E-state index contributed by atoms with van der Waals surface area (Å²) in [5, 5.41) is 9.49. The number of aliphatic hydroxyl groups is 1. The van der Waals surface area contributed by atoms with E-state index in [0.717, 1.165) is 36.9 Å². The van der Waals surface area contributed by atoms with Crippen LogP contribution in [0.2, 0.25) is 0 Å². The molecule has 1 aliphatic carbocycles. The van der Waals surface area contributed by atoms with Crippen molar-refractivity contribution in [2.75, 3.05) is 0 Å². The number of carbonyl (C=O) groups is 1. The van der Waals surface area contributed by atoms with Gasteiger partial charge in [0.05, 0.1) is 23.9 Å². The molecule has 4 heteroatoms. The molecule has 1 amide bonds. The van der Waals surface area contributed by atoms with Crippen LogP contribution in [0.5, 0.6) is 0 Å². The first-order valence-corrected chi connectivity index (χ1v) is 6.18. The lowest BCUT2D eigenvalue weighted by molar-refractivity contribution is 0.0518. The van der Waals surface area contributed by atoms with E-state index in [1.54, 1.807) is 6.20 Å². The zero-order valence-electron chi connectivity index (χ0n) is 9.67. The van der Waals surface area contributed by atoms with E-state index in [2.05, 4.69) is 4.98 Å². The summed E-state index contributed by atoms with van der Waals surface area (Å²) in [6, 6.07) is 3.94. The Morgan fingerprint density at radius 3 is 2.76 bits per heavy atom. The van der Waals surface area contributed by atoms with Gasteiger partial charge in [0.25, 0.3) is 5.91 Å². The Bertz CT molecular complexity index is 439. The molecule has 90 valence electrons. The van der Waals surface area contributed by atoms with Crippen molar-refractivity contribution in [1.82, 2.24) is 9.88 Å². The van der Waals surface area contributed by atoms with Crippen molar-refractivity contribution in [1.29, 1.82) is 0 Å². The second-order valence-electron chi connectivity index (χ2n) is 4.89. The van der Waals surface area contributed by atoms with Crippen LogP contribution in [0.3, 0.4) is 0 Å². The highest BCUT2D eigenvalue weighted by atomic mass is 16.3. The summed E-state index contributed by atoms with van der Waals surface area (Å²) in [7, 11) is 0. The number of hydrogen-bond acceptors (Lipinski definition) is 3. The van der Waals surface area contributed by atoms with E-state index in [4.69, 9.17) is 0 Å². The van der Waals surface area contributed by atoms with Crippen LogP contribution in [0.15, 0.2) is 18.3 Å². The van der Waals surface area contributed by atoms with Gasteiger partial charge in [-0.15, -0.1) is 0 Å². The van der Waals surface area contributed by atoms with Crippen molar-refractivity contribution in [2.45, 2.75) is 44.4 Å². The minimum atomic E-state index is -0.176. The zero-order valence-corrected chi connectivity index (χ0v) is 9.67. The molecule has 1 saturated carbocycles. The third kappa shape index (κ3) is 1.82. The predicted octanol–water partition coefficient (Wildman–Crippen LogP) is 1.34. The number of aliphatic hydroxyl groups excluding tert-OH is 1. The van der Waals surface area contributed by atoms with Crippen molar-refractivity contribution in [3.8, 4) is 0 Å². The lowest BCUT2D eigenvalue weighted by atomic mass is 9.92. The van der Waals surface area contributed by atoms with Gasteiger partial charge < -0.3 is 10.0 Å². The number of amides is 1. The fourth-order valence-electron chi connectivity index (χ4n) is 2.81. The van der Waals surface area contributed by atoms with Crippen LogP contribution < -0.4 is 0 Å². The smallest absolute Gasteiger partial charge is 0.256 e. The number of hydrogen-bond donors (Lipinski definition) is 1. The van der Waals surface area contributed by atoms with E-state index < -0.39 is 0 Å². The van der Waals surface area contributed by atoms with Crippen LogP contribution in [0.4, 0.5) is 0 Å². The number of nitrogens with zero attached hydrogens (tertiary/aromatic N) is 2. The van der Waals surface area contributed by atoms with Gasteiger partial charge in [-0.1, -0.05) is 0 Å². The molecule has 17 heavy (non-hydrogen) atoms. The highest BCUT2D eigenvalue weighted by Gasteiger charge is 2.34. The summed E-state index contributed by atoms with van der Waals surface area (Å²) in [6.07, 6.45) is 4.97. The van der Waals surface area contributed by atoms with Crippen LogP contribution in [0, 0.1) is 0 Å². The predicted molar refractivity (Wildman–Crippen MR) is 62.4 cm³/mol. The van der Waals surface area contributed by atoms with E-state index in [1.807, 2.05) is 17.0 Å². The first-order valence-electron chi connectivity index (χ1n) is 6.18. The molecule has 3 rings (SSSR count). The fraction of sp³-hybridized carbons (Fsp3) is 0.538. The molecule has 0 unspecified atom stereocenters. The second kappa shape index (κ2) is 4.11. The topological polar surface area (TPSA) is 53.4 Å². The molecule has 0 saturated heterocycles. The first kappa shape index (κ1) is 10.7. The number of carbonyl (C=O) groups excluding carboxylic acids is 1. The van der Waals surface area contributed by atoms with E-state index in [0.29, 0.717) is 6.54 Å². The average Bonchev–Trinajstić information content (AvgIpc) is 2.69. The highest BCUT2D eigenvalue weighted by Crippen LogP contribution is 2.29. The molecule has 1 aliphatic heterocycles. The molecule has 1 N–H and O–H groups in total. The van der Waals surface area contributed by atoms with Crippen molar-refractivity contribution in [3.63, 3.8) is 0 Å². The fourth-order valence-corrected chi connectivity index (χ4v) is 2.81. The van der Waals surface area contributed by atoms with Gasteiger partial charge in [0, 0.05) is 12.2 Å². The molecular formula is C13H16N2O2. The number of aromatic nitrogens is 1. The Labute approximate surface area is 100 Å². The Hall–Kier alpha value is -1.42. The maximum atomic E-state index is 12.2. The molecular weight excluding hydrogens is 216 g/mol. The molecule has 0 aromatic carbocycles. The van der Waals surface area contributed by atoms with Crippen molar-refractivity contribution in [3.05, 3.63) is 29.6 Å². The van der Waals surface area contributed by atoms with Gasteiger partial charge in [-0.05, 0) is 37.8 Å². The van der Waals surface area contributed by atoms with E-state index in [1.165, 1.54) is 0 Å². The van der Waals surface area contributed by atoms with E-state index >= 15 is 0 Å². The van der Waals surface area contributed by atoms with Gasteiger partial charge >= 0.3 is 0 Å². The third-order valence-electron chi connectivity index (χ3n) is 3.81. The van der Waals surface area contributed by atoms with Crippen LogP contribution in [0.1, 0.15) is 41.7 Å². The summed E-state index contributed by atoms with van der Waals surface area (Å²) >= 11 is 0. The lowest BCUT2D eigenvalue weighted by Crippen LogP contribution is -2.39. The van der Waals surface area contributed by atoms with Crippen molar-refractivity contribution >= 4 is 5.91 Å². The number of pyridine rings is 1. The largest absolute Gasteiger partial charge is 0.393 e. The van der Waals surface area contributed by atoms with Crippen LogP contribution in [-0.2, 0) is 6.54 Å². The summed E-state index contributed by atoms with van der Waals surface area (Å²) in [6.45, 7) is 0.635. The van der Waals surface area contributed by atoms with Gasteiger partial charge in [0.1, 0.15) is 0 Å². The van der Waals surface area contributed by atoms with Crippen molar-refractivity contribution in [2.24, 2.45) is 0 Å². The molecule has 0 atom stereocenters. The first-order chi connectivity index (χ1) is 8.25. The van der Waals surface area contributed by atoms with E-state index in [-0.39, 0.29) is 18.1 Å². The van der Waals surface area contributed by atoms with E-state index in [9.17, 15) is 9.90 Å². The Kier molecular flexibility index (Phi) is 2.59. The van der Waals surface area contributed by atoms with Gasteiger partial charge in [-0.3, -0.25) is 9.78 Å². The summed E-state index contributed by atoms with van der Waals surface area (Å²) < 4.78 is 0. The Morgan fingerprint density at radius 2 is 2.06 bits per heavy atom. The molecule has 4 nitrogen and oxygen atoms in total. The van der Waals surface area contributed by atoms with Crippen LogP contribution in [0.25, 0.3) is 0 Å². The van der Waals surface area contributed by atoms with Gasteiger partial charge in [-0.25, -0.2) is 0 Å². The summed E-state index contributed by atoms with van der Waals surface area (Å²) in [5.74, 6) is 0.106. The molecule has 1 fully saturated rings. The SMILES string of the molecule is O=C1c2cccnc2CN1C1CCC(O)CC1. The Balaban J connectivity index is 1.78.